The molecule has 0 aliphatic carbocycles. The lowest BCUT2D eigenvalue weighted by Gasteiger charge is -2.07. The first-order valence-electron chi connectivity index (χ1n) is 5.55. The van der Waals surface area contributed by atoms with Crippen LogP contribution in [-0.4, -0.2) is 15.8 Å². The minimum absolute atomic E-state index is 0.123. The molecule has 1 aromatic carbocycles. The molecule has 7 nitrogen and oxygen atoms in total. The van der Waals surface area contributed by atoms with Gasteiger partial charge in [0.05, 0.1) is 22.9 Å². The van der Waals surface area contributed by atoms with Gasteiger partial charge in [-0.3, -0.25) is 14.9 Å². The second kappa shape index (κ2) is 5.49. The zero-order chi connectivity index (χ0) is 15.6. The topological polar surface area (TPSA) is 111 Å². The van der Waals surface area contributed by atoms with Gasteiger partial charge in [-0.05, 0) is 12.1 Å². The van der Waals surface area contributed by atoms with Crippen molar-refractivity contribution in [3.63, 3.8) is 0 Å². The number of nitro benzene ring substituents is 1. The molecule has 1 heterocycles. The largest absolute Gasteiger partial charge is 0.397 e. The minimum atomic E-state index is -1.26. The van der Waals surface area contributed by atoms with Crippen LogP contribution < -0.4 is 11.1 Å². The van der Waals surface area contributed by atoms with Gasteiger partial charge in [0.25, 0.3) is 11.6 Å². The summed E-state index contributed by atoms with van der Waals surface area (Å²) in [6.07, 6.45) is 1.20. The van der Waals surface area contributed by atoms with Crippen molar-refractivity contribution < 1.29 is 18.5 Å². The van der Waals surface area contributed by atoms with Gasteiger partial charge in [0.1, 0.15) is 11.5 Å². The number of pyridine rings is 1. The van der Waals surface area contributed by atoms with E-state index in [4.69, 9.17) is 5.73 Å². The van der Waals surface area contributed by atoms with Crippen LogP contribution in [0.1, 0.15) is 10.5 Å². The summed E-state index contributed by atoms with van der Waals surface area (Å²) in [4.78, 5) is 25.3. The van der Waals surface area contributed by atoms with E-state index in [0.29, 0.717) is 17.8 Å². The first-order valence-corrected chi connectivity index (χ1v) is 5.55. The van der Waals surface area contributed by atoms with E-state index in [1.807, 2.05) is 5.32 Å². The Hall–Kier alpha value is -3.10. The third-order valence-corrected chi connectivity index (χ3v) is 2.49. The Labute approximate surface area is 116 Å². The van der Waals surface area contributed by atoms with E-state index in [-0.39, 0.29) is 5.69 Å². The quantitative estimate of drug-likeness (QED) is 0.665. The van der Waals surface area contributed by atoms with Crippen LogP contribution in [-0.2, 0) is 0 Å². The molecule has 0 saturated carbocycles. The van der Waals surface area contributed by atoms with Crippen molar-refractivity contribution in [2.75, 3.05) is 11.1 Å². The van der Waals surface area contributed by atoms with Crippen molar-refractivity contribution in [2.45, 2.75) is 0 Å². The van der Waals surface area contributed by atoms with Crippen LogP contribution in [0.25, 0.3) is 0 Å². The number of carbonyl (C=O) groups excluding carboxylic acids is 1. The highest BCUT2D eigenvalue weighted by Crippen LogP contribution is 2.29. The number of carbonyl (C=O) groups is 1. The van der Waals surface area contributed by atoms with Gasteiger partial charge >= 0.3 is 0 Å². The van der Waals surface area contributed by atoms with Gasteiger partial charge in [-0.1, -0.05) is 0 Å². The van der Waals surface area contributed by atoms with Crippen LogP contribution in [0.2, 0.25) is 0 Å². The summed E-state index contributed by atoms with van der Waals surface area (Å²) in [7, 11) is 0. The monoisotopic (exact) mass is 294 g/mol. The Morgan fingerprint density at radius 1 is 1.33 bits per heavy atom. The predicted octanol–water partition coefficient (Wildman–Crippen LogP) is 2.10. The predicted molar refractivity (Wildman–Crippen MR) is 69.6 cm³/mol. The molecule has 2 rings (SSSR count). The number of aromatic nitrogens is 1. The third kappa shape index (κ3) is 3.08. The first-order chi connectivity index (χ1) is 9.88. The molecular weight excluding hydrogens is 286 g/mol. The van der Waals surface area contributed by atoms with E-state index >= 15 is 0 Å². The highest BCUT2D eigenvalue weighted by molar-refractivity contribution is 6.04. The molecule has 0 bridgehead atoms. The summed E-state index contributed by atoms with van der Waals surface area (Å²) in [5.41, 5.74) is 3.96. The zero-order valence-electron chi connectivity index (χ0n) is 10.3. The van der Waals surface area contributed by atoms with Crippen molar-refractivity contribution in [3.8, 4) is 0 Å². The second-order valence-electron chi connectivity index (χ2n) is 3.97. The number of anilines is 2. The molecule has 0 spiro atoms. The maximum absolute atomic E-state index is 13.6. The van der Waals surface area contributed by atoms with E-state index in [9.17, 15) is 23.7 Å². The number of nitrogens with zero attached hydrogens (tertiary/aromatic N) is 2. The zero-order valence-corrected chi connectivity index (χ0v) is 10.3. The maximum Gasteiger partial charge on any atom is 0.298 e. The van der Waals surface area contributed by atoms with Gasteiger partial charge < -0.3 is 11.1 Å². The molecule has 108 valence electrons. The van der Waals surface area contributed by atoms with Crippen LogP contribution >= 0.6 is 0 Å². The lowest BCUT2D eigenvalue weighted by molar-refractivity contribution is -0.384. The summed E-state index contributed by atoms with van der Waals surface area (Å²) >= 11 is 0. The number of benzene rings is 1. The number of hydrogen-bond acceptors (Lipinski definition) is 5. The molecule has 0 aliphatic rings. The Balaban J connectivity index is 2.37. The number of hydrogen-bond donors (Lipinski definition) is 2. The van der Waals surface area contributed by atoms with E-state index in [2.05, 4.69) is 4.98 Å². The number of nitro groups is 1. The minimum Gasteiger partial charge on any atom is -0.397 e. The Kier molecular flexibility index (Phi) is 3.74. The van der Waals surface area contributed by atoms with Crippen molar-refractivity contribution >= 4 is 23.0 Å². The Morgan fingerprint density at radius 3 is 2.62 bits per heavy atom. The molecule has 0 saturated heterocycles. The number of halogens is 2. The first kappa shape index (κ1) is 14.3. The van der Waals surface area contributed by atoms with Gasteiger partial charge in [-0.2, -0.15) is 0 Å². The molecule has 0 unspecified atom stereocenters. The molecule has 9 heteroatoms. The summed E-state index contributed by atoms with van der Waals surface area (Å²) in [6.45, 7) is 0. The van der Waals surface area contributed by atoms with Gasteiger partial charge in [0.15, 0.2) is 11.5 Å². The van der Waals surface area contributed by atoms with Gasteiger partial charge in [0.2, 0.25) is 0 Å². The maximum atomic E-state index is 13.6. The summed E-state index contributed by atoms with van der Waals surface area (Å²) in [5.74, 6) is -3.27. The number of rotatable bonds is 3. The van der Waals surface area contributed by atoms with Crippen molar-refractivity contribution in [1.29, 1.82) is 0 Å². The molecular formula is C12H8F2N4O3. The van der Waals surface area contributed by atoms with Gasteiger partial charge in [-0.25, -0.2) is 13.8 Å². The summed E-state index contributed by atoms with van der Waals surface area (Å²) in [5, 5.41) is 12.8. The van der Waals surface area contributed by atoms with E-state index in [0.717, 1.165) is 0 Å². The Bertz CT molecular complexity index is 719. The van der Waals surface area contributed by atoms with E-state index in [1.54, 1.807) is 0 Å². The molecule has 1 amide bonds. The fourth-order valence-corrected chi connectivity index (χ4v) is 1.54. The molecule has 21 heavy (non-hydrogen) atoms. The van der Waals surface area contributed by atoms with Gasteiger partial charge in [-0.15, -0.1) is 0 Å². The SMILES string of the molecule is Nc1ccc(C(=O)Nc2c(F)cc(F)cc2[N+](=O)[O-])nc1. The van der Waals surface area contributed by atoms with Crippen molar-refractivity contribution in [2.24, 2.45) is 0 Å². The normalized spacial score (nSPS) is 10.2. The van der Waals surface area contributed by atoms with Crippen molar-refractivity contribution in [3.05, 3.63) is 57.9 Å². The molecule has 1 aromatic heterocycles. The number of nitrogens with two attached hydrogens (primary N) is 1. The highest BCUT2D eigenvalue weighted by Gasteiger charge is 2.23. The lowest BCUT2D eigenvalue weighted by Crippen LogP contribution is -2.16. The molecule has 0 aliphatic heterocycles. The van der Waals surface area contributed by atoms with Crippen LogP contribution in [0.3, 0.4) is 0 Å². The smallest absolute Gasteiger partial charge is 0.298 e. The molecule has 0 fully saturated rings. The van der Waals surface area contributed by atoms with Crippen molar-refractivity contribution in [1.82, 2.24) is 4.98 Å². The highest BCUT2D eigenvalue weighted by atomic mass is 19.1. The Morgan fingerprint density at radius 2 is 2.05 bits per heavy atom. The van der Waals surface area contributed by atoms with Crippen LogP contribution in [0.4, 0.5) is 25.8 Å². The van der Waals surface area contributed by atoms with Crippen LogP contribution in [0, 0.1) is 21.7 Å². The van der Waals surface area contributed by atoms with Crippen LogP contribution in [0.5, 0.6) is 0 Å². The van der Waals surface area contributed by atoms with E-state index in [1.165, 1.54) is 18.3 Å². The third-order valence-electron chi connectivity index (χ3n) is 2.49. The molecule has 0 atom stereocenters. The molecule has 2 aromatic rings. The standard InChI is InChI=1S/C12H8F2N4O3/c13-6-3-8(14)11(10(4-6)18(20)21)17-12(19)9-2-1-7(15)5-16-9/h1-5H,15H2,(H,17,19). The van der Waals surface area contributed by atoms with Gasteiger partial charge in [0, 0.05) is 6.07 Å². The average molecular weight is 294 g/mol. The number of amides is 1. The average Bonchev–Trinajstić information content (AvgIpc) is 2.41. The fourth-order valence-electron chi connectivity index (χ4n) is 1.54. The summed E-state index contributed by atoms with van der Waals surface area (Å²) in [6, 6.07) is 3.59. The summed E-state index contributed by atoms with van der Waals surface area (Å²) < 4.78 is 26.6. The number of nitrogens with one attached hydrogen (secondary N) is 1. The van der Waals surface area contributed by atoms with E-state index < -0.39 is 33.8 Å². The molecule has 3 N–H and O–H groups in total. The number of nitrogen functional groups attached to an aromatic ring is 1. The second-order valence-corrected chi connectivity index (χ2v) is 3.97. The fraction of sp³-hybridized carbons (Fsp3) is 0. The molecule has 0 radical (unpaired) electrons. The van der Waals surface area contributed by atoms with Crippen LogP contribution in [0.15, 0.2) is 30.5 Å². The lowest BCUT2D eigenvalue weighted by atomic mass is 10.2.